The fourth-order valence-electron chi connectivity index (χ4n) is 3.18. The summed E-state index contributed by atoms with van der Waals surface area (Å²) in [5.74, 6) is 1.08. The van der Waals surface area contributed by atoms with Crippen molar-refractivity contribution < 1.29 is 14.1 Å². The summed E-state index contributed by atoms with van der Waals surface area (Å²) in [5.41, 5.74) is 1.94. The van der Waals surface area contributed by atoms with E-state index in [1.54, 1.807) is 6.92 Å². The monoisotopic (exact) mass is 344 g/mol. The van der Waals surface area contributed by atoms with Crippen molar-refractivity contribution in [2.45, 2.75) is 52.5 Å². The summed E-state index contributed by atoms with van der Waals surface area (Å²) in [6, 6.07) is 4.03. The molecule has 0 aliphatic carbocycles. The first-order valence-electron chi connectivity index (χ1n) is 8.79. The van der Waals surface area contributed by atoms with Gasteiger partial charge in [0.15, 0.2) is 11.6 Å². The standard InChI is InChI=1S/C18H24N4O3/c1-4-6-15-17(13(3)21-25-15)18(23)24-11-14-7-5-10-22(14)16-9-8-12(2)19-20-16/h8-9,14H,4-7,10-11H2,1-3H3/t14-/m0/s1. The molecule has 3 rings (SSSR count). The largest absolute Gasteiger partial charge is 0.460 e. The van der Waals surface area contributed by atoms with Crippen molar-refractivity contribution in [2.75, 3.05) is 18.1 Å². The minimum Gasteiger partial charge on any atom is -0.460 e. The van der Waals surface area contributed by atoms with Crippen LogP contribution >= 0.6 is 0 Å². The molecule has 1 fully saturated rings. The van der Waals surface area contributed by atoms with Crippen LogP contribution in [0.2, 0.25) is 0 Å². The molecule has 0 unspecified atom stereocenters. The molecule has 0 aromatic carbocycles. The molecule has 134 valence electrons. The van der Waals surface area contributed by atoms with Gasteiger partial charge in [-0.2, -0.15) is 5.10 Å². The lowest BCUT2D eigenvalue weighted by molar-refractivity contribution is 0.0479. The van der Waals surface area contributed by atoms with E-state index in [0.717, 1.165) is 37.3 Å². The Kier molecular flexibility index (Phi) is 5.31. The van der Waals surface area contributed by atoms with Crippen LogP contribution in [-0.4, -0.2) is 40.5 Å². The lowest BCUT2D eigenvalue weighted by Crippen LogP contribution is -2.34. The van der Waals surface area contributed by atoms with Crippen molar-refractivity contribution in [1.29, 1.82) is 0 Å². The molecule has 0 spiro atoms. The number of esters is 1. The highest BCUT2D eigenvalue weighted by molar-refractivity contribution is 5.91. The zero-order chi connectivity index (χ0) is 17.8. The minimum atomic E-state index is -0.357. The van der Waals surface area contributed by atoms with Crippen LogP contribution in [0.1, 0.15) is 53.7 Å². The minimum absolute atomic E-state index is 0.121. The molecule has 7 heteroatoms. The van der Waals surface area contributed by atoms with Crippen LogP contribution in [0.3, 0.4) is 0 Å². The number of nitrogens with zero attached hydrogens (tertiary/aromatic N) is 4. The SMILES string of the molecule is CCCc1onc(C)c1C(=O)OC[C@@H]1CCCN1c1ccc(C)nn1. The second kappa shape index (κ2) is 7.63. The zero-order valence-electron chi connectivity index (χ0n) is 15.0. The summed E-state index contributed by atoms with van der Waals surface area (Å²) >= 11 is 0. The van der Waals surface area contributed by atoms with Gasteiger partial charge in [0.05, 0.1) is 17.4 Å². The molecule has 1 atom stereocenters. The molecule has 7 nitrogen and oxygen atoms in total. The summed E-state index contributed by atoms with van der Waals surface area (Å²) in [6.45, 7) is 6.93. The van der Waals surface area contributed by atoms with E-state index in [2.05, 4.69) is 20.3 Å². The molecule has 1 aliphatic heterocycles. The maximum absolute atomic E-state index is 12.5. The van der Waals surface area contributed by atoms with Gasteiger partial charge in [0.1, 0.15) is 12.2 Å². The Morgan fingerprint density at radius 3 is 2.92 bits per heavy atom. The number of carbonyl (C=O) groups is 1. The van der Waals surface area contributed by atoms with Gasteiger partial charge in [-0.15, -0.1) is 5.10 Å². The Hall–Kier alpha value is -2.44. The van der Waals surface area contributed by atoms with Crippen LogP contribution in [0.15, 0.2) is 16.7 Å². The summed E-state index contributed by atoms with van der Waals surface area (Å²) in [7, 11) is 0. The van der Waals surface area contributed by atoms with E-state index in [1.165, 1.54) is 0 Å². The first-order chi connectivity index (χ1) is 12.1. The zero-order valence-corrected chi connectivity index (χ0v) is 15.0. The van der Waals surface area contributed by atoms with E-state index in [4.69, 9.17) is 9.26 Å². The Balaban J connectivity index is 1.65. The van der Waals surface area contributed by atoms with Crippen molar-refractivity contribution in [3.05, 3.63) is 34.8 Å². The van der Waals surface area contributed by atoms with E-state index in [9.17, 15) is 4.79 Å². The molecule has 0 saturated carbocycles. The number of hydrogen-bond acceptors (Lipinski definition) is 7. The second-order valence-electron chi connectivity index (χ2n) is 6.44. The van der Waals surface area contributed by atoms with E-state index in [1.807, 2.05) is 26.0 Å². The summed E-state index contributed by atoms with van der Waals surface area (Å²) in [4.78, 5) is 14.7. The van der Waals surface area contributed by atoms with Gasteiger partial charge in [0, 0.05) is 13.0 Å². The van der Waals surface area contributed by atoms with Crippen LogP contribution < -0.4 is 4.90 Å². The summed E-state index contributed by atoms with van der Waals surface area (Å²) < 4.78 is 10.8. The third-order valence-corrected chi connectivity index (χ3v) is 4.48. The van der Waals surface area contributed by atoms with E-state index in [-0.39, 0.29) is 12.0 Å². The number of aromatic nitrogens is 3. The molecule has 0 bridgehead atoms. The molecule has 3 heterocycles. The third-order valence-electron chi connectivity index (χ3n) is 4.48. The quantitative estimate of drug-likeness (QED) is 0.745. The number of ether oxygens (including phenoxy) is 1. The van der Waals surface area contributed by atoms with Gasteiger partial charge >= 0.3 is 5.97 Å². The Morgan fingerprint density at radius 2 is 2.20 bits per heavy atom. The van der Waals surface area contributed by atoms with E-state index in [0.29, 0.717) is 30.0 Å². The molecule has 1 saturated heterocycles. The summed E-state index contributed by atoms with van der Waals surface area (Å²) in [5, 5.41) is 12.3. The summed E-state index contributed by atoms with van der Waals surface area (Å²) in [6.07, 6.45) is 3.58. The fraction of sp³-hybridized carbons (Fsp3) is 0.556. The van der Waals surface area contributed by atoms with Crippen LogP contribution in [0, 0.1) is 13.8 Å². The van der Waals surface area contributed by atoms with Gasteiger partial charge in [-0.1, -0.05) is 12.1 Å². The molecule has 0 N–H and O–H groups in total. The maximum atomic E-state index is 12.5. The van der Waals surface area contributed by atoms with Crippen molar-refractivity contribution in [1.82, 2.24) is 15.4 Å². The molecule has 25 heavy (non-hydrogen) atoms. The number of rotatable bonds is 6. The smallest absolute Gasteiger partial charge is 0.343 e. The Morgan fingerprint density at radius 1 is 1.36 bits per heavy atom. The Bertz CT molecular complexity index is 726. The number of hydrogen-bond donors (Lipinski definition) is 0. The van der Waals surface area contributed by atoms with Crippen LogP contribution in [0.4, 0.5) is 5.82 Å². The topological polar surface area (TPSA) is 81.4 Å². The normalized spacial score (nSPS) is 17.1. The first kappa shape index (κ1) is 17.4. The number of anilines is 1. The molecule has 2 aromatic heterocycles. The number of aryl methyl sites for hydroxylation is 3. The average molecular weight is 344 g/mol. The van der Waals surface area contributed by atoms with Gasteiger partial charge in [0.2, 0.25) is 0 Å². The molecular weight excluding hydrogens is 320 g/mol. The highest BCUT2D eigenvalue weighted by atomic mass is 16.5. The highest BCUT2D eigenvalue weighted by Gasteiger charge is 2.29. The van der Waals surface area contributed by atoms with Gasteiger partial charge in [0.25, 0.3) is 0 Å². The lowest BCUT2D eigenvalue weighted by Gasteiger charge is -2.24. The highest BCUT2D eigenvalue weighted by Crippen LogP contribution is 2.24. The van der Waals surface area contributed by atoms with Gasteiger partial charge in [-0.05, 0) is 45.2 Å². The molecule has 1 aliphatic rings. The molecule has 0 radical (unpaired) electrons. The number of carbonyl (C=O) groups excluding carboxylic acids is 1. The molecular formula is C18H24N4O3. The van der Waals surface area contributed by atoms with Crippen molar-refractivity contribution >= 4 is 11.8 Å². The predicted octanol–water partition coefficient (Wildman–Crippen LogP) is 2.86. The van der Waals surface area contributed by atoms with Crippen molar-refractivity contribution in [2.24, 2.45) is 0 Å². The predicted molar refractivity (Wildman–Crippen MR) is 92.7 cm³/mol. The van der Waals surface area contributed by atoms with Gasteiger partial charge < -0.3 is 14.2 Å². The lowest BCUT2D eigenvalue weighted by atomic mass is 10.1. The fourth-order valence-corrected chi connectivity index (χ4v) is 3.18. The van der Waals surface area contributed by atoms with Gasteiger partial charge in [-0.25, -0.2) is 4.79 Å². The van der Waals surface area contributed by atoms with E-state index < -0.39 is 0 Å². The molecule has 2 aromatic rings. The van der Waals surface area contributed by atoms with E-state index >= 15 is 0 Å². The van der Waals surface area contributed by atoms with Crippen LogP contribution in [0.5, 0.6) is 0 Å². The third kappa shape index (κ3) is 3.81. The first-order valence-corrected chi connectivity index (χ1v) is 8.79. The van der Waals surface area contributed by atoms with Gasteiger partial charge in [-0.3, -0.25) is 0 Å². The Labute approximate surface area is 147 Å². The second-order valence-corrected chi connectivity index (χ2v) is 6.44. The van der Waals surface area contributed by atoms with Crippen LogP contribution in [-0.2, 0) is 11.2 Å². The average Bonchev–Trinajstić information content (AvgIpc) is 3.21. The van der Waals surface area contributed by atoms with Crippen molar-refractivity contribution in [3.8, 4) is 0 Å². The van der Waals surface area contributed by atoms with Crippen LogP contribution in [0.25, 0.3) is 0 Å². The molecule has 0 amide bonds. The maximum Gasteiger partial charge on any atom is 0.343 e. The van der Waals surface area contributed by atoms with Crippen molar-refractivity contribution in [3.63, 3.8) is 0 Å².